The molecule has 0 spiro atoms. The van der Waals surface area contributed by atoms with Crippen LogP contribution in [0, 0.1) is 33.0 Å². The summed E-state index contributed by atoms with van der Waals surface area (Å²) in [7, 11) is 0. The van der Waals surface area contributed by atoms with Crippen LogP contribution in [0.3, 0.4) is 0 Å². The highest BCUT2D eigenvalue weighted by Gasteiger charge is 2.67. The zero-order valence-corrected chi connectivity index (χ0v) is 40.2. The zero-order valence-electron chi connectivity index (χ0n) is 40.2. The lowest BCUT2D eigenvalue weighted by molar-refractivity contribution is -0.171. The van der Waals surface area contributed by atoms with Gasteiger partial charge in [-0.3, -0.25) is 19.2 Å². The molecule has 8 atom stereocenters. The Morgan fingerprint density at radius 1 is 0.758 bits per heavy atom. The normalized spacial score (nSPS) is 31.9. The number of esters is 3. The van der Waals surface area contributed by atoms with Crippen molar-refractivity contribution in [3.05, 3.63) is 46.3 Å². The number of aliphatic hydroxyl groups is 1. The number of hydrogen-bond acceptors (Lipinski definition) is 10. The quantitative estimate of drug-likeness (QED) is 0.142. The minimum absolute atomic E-state index is 0.0381. The maximum Gasteiger partial charge on any atom is 0.329 e. The molecule has 0 aromatic carbocycles. The first-order valence-corrected chi connectivity index (χ1v) is 22.5. The summed E-state index contributed by atoms with van der Waals surface area (Å²) < 4.78 is 16.8. The van der Waals surface area contributed by atoms with E-state index >= 15 is 0 Å². The molecule has 3 fully saturated rings. The van der Waals surface area contributed by atoms with Gasteiger partial charge in [0.25, 0.3) is 0 Å². The van der Waals surface area contributed by atoms with Gasteiger partial charge in [0.1, 0.15) is 28.9 Å². The van der Waals surface area contributed by atoms with Crippen LogP contribution < -0.4 is 10.6 Å². The molecule has 344 valence electrons. The zero-order chi connectivity index (χ0) is 46.8. The number of allylic oxidation sites excluding steroid dienone is 7. The molecule has 5 aliphatic carbocycles. The smallest absolute Gasteiger partial charge is 0.329 e. The Labute approximate surface area is 369 Å². The van der Waals surface area contributed by atoms with Crippen molar-refractivity contribution in [3.8, 4) is 0 Å². The maximum absolute atomic E-state index is 14.7. The topological polar surface area (TPSA) is 174 Å². The molecule has 3 saturated carbocycles. The number of carbonyl (C=O) groups is 6. The number of carbonyl (C=O) groups excluding carboxylic acids is 6. The molecule has 2 unspecified atom stereocenters. The lowest BCUT2D eigenvalue weighted by Crippen LogP contribution is -2.63. The summed E-state index contributed by atoms with van der Waals surface area (Å²) in [5.41, 5.74) is -0.545. The van der Waals surface area contributed by atoms with Gasteiger partial charge in [-0.1, -0.05) is 52.3 Å². The van der Waals surface area contributed by atoms with Crippen LogP contribution in [0.2, 0.25) is 0 Å². The Kier molecular flexibility index (Phi) is 12.9. The number of hydrogen-bond donors (Lipinski definition) is 3. The molecular formula is C50H74N2O10. The van der Waals surface area contributed by atoms with E-state index in [1.807, 2.05) is 6.92 Å². The molecule has 0 bridgehead atoms. The first-order valence-electron chi connectivity index (χ1n) is 22.5. The van der Waals surface area contributed by atoms with E-state index < -0.39 is 70.0 Å². The third kappa shape index (κ3) is 9.64. The fourth-order valence-electron chi connectivity index (χ4n) is 11.3. The largest absolute Gasteiger partial charge is 0.504 e. The van der Waals surface area contributed by atoms with Crippen LogP contribution >= 0.6 is 0 Å². The summed E-state index contributed by atoms with van der Waals surface area (Å²) in [5, 5.41) is 16.2. The second-order valence-electron chi connectivity index (χ2n) is 23.2. The summed E-state index contributed by atoms with van der Waals surface area (Å²) >= 11 is 0. The number of ketones is 1. The van der Waals surface area contributed by atoms with Gasteiger partial charge in [0.05, 0.1) is 6.42 Å². The third-order valence-electron chi connectivity index (χ3n) is 14.9. The van der Waals surface area contributed by atoms with Crippen molar-refractivity contribution in [1.82, 2.24) is 10.6 Å². The highest BCUT2D eigenvalue weighted by atomic mass is 16.6. The van der Waals surface area contributed by atoms with Crippen LogP contribution in [-0.4, -0.2) is 69.5 Å². The first kappa shape index (κ1) is 48.8. The molecule has 62 heavy (non-hydrogen) atoms. The van der Waals surface area contributed by atoms with E-state index in [1.54, 1.807) is 75.3 Å². The van der Waals surface area contributed by atoms with Crippen LogP contribution in [0.15, 0.2) is 46.3 Å². The predicted octanol–water partition coefficient (Wildman–Crippen LogP) is 8.78. The van der Waals surface area contributed by atoms with Gasteiger partial charge in [0, 0.05) is 22.8 Å². The van der Waals surface area contributed by atoms with Gasteiger partial charge in [-0.2, -0.15) is 0 Å². The van der Waals surface area contributed by atoms with Gasteiger partial charge in [-0.15, -0.1) is 0 Å². The van der Waals surface area contributed by atoms with Crippen molar-refractivity contribution in [2.45, 2.75) is 197 Å². The molecular weight excluding hydrogens is 789 g/mol. The van der Waals surface area contributed by atoms with Crippen molar-refractivity contribution < 1.29 is 48.1 Å². The third-order valence-corrected chi connectivity index (χ3v) is 14.9. The molecule has 0 aliphatic heterocycles. The standard InChI is InChI=1S/C50H74N2O10/c1-29-30-16-18-35-48(13,31(30)26-34(53)39(29)56)23-25-50(15)36-28-47(12,21-20-46(36,11)22-24-49(35,50)14)42(59)52-33(41(58)62-45(8,9)10)27-37(54)51-32(40(57)61-44(5,6)7)17-19-38(55)60-43(2,3)4/h16,18,26,32-33,36,56H,17,19-25,27-28H2,1-15H3,(H,51,54)(H,52,59)/t32?,33?,36-,46-,47-,48+,49-,50+/m1/s1. The number of ether oxygens (including phenoxy) is 3. The van der Waals surface area contributed by atoms with Crippen molar-refractivity contribution in [3.63, 3.8) is 0 Å². The Bertz CT molecular complexity index is 2020. The van der Waals surface area contributed by atoms with E-state index in [0.717, 1.165) is 43.3 Å². The number of fused-ring (bicyclic) bond motifs is 7. The first-order chi connectivity index (χ1) is 28.2. The predicted molar refractivity (Wildman–Crippen MR) is 236 cm³/mol. The number of aliphatic hydroxyl groups excluding tert-OH is 1. The van der Waals surface area contributed by atoms with Gasteiger partial charge in [0.2, 0.25) is 17.6 Å². The van der Waals surface area contributed by atoms with E-state index in [-0.39, 0.29) is 52.5 Å². The molecule has 3 N–H and O–H groups in total. The highest BCUT2D eigenvalue weighted by Crippen LogP contribution is 2.75. The lowest BCUT2D eigenvalue weighted by atomic mass is 9.34. The molecule has 12 heteroatoms. The van der Waals surface area contributed by atoms with Gasteiger partial charge in [0.15, 0.2) is 5.76 Å². The van der Waals surface area contributed by atoms with Gasteiger partial charge < -0.3 is 30.0 Å². The minimum Gasteiger partial charge on any atom is -0.504 e. The minimum atomic E-state index is -1.36. The van der Waals surface area contributed by atoms with Crippen LogP contribution in [0.5, 0.6) is 0 Å². The lowest BCUT2D eigenvalue weighted by Gasteiger charge is -2.70. The monoisotopic (exact) mass is 863 g/mol. The molecule has 2 amide bonds. The fourth-order valence-corrected chi connectivity index (χ4v) is 11.3. The fraction of sp³-hybridized carbons (Fsp3) is 0.720. The Hall–Kier alpha value is -4.22. The Morgan fingerprint density at radius 2 is 1.32 bits per heavy atom. The van der Waals surface area contributed by atoms with Crippen molar-refractivity contribution in [1.29, 1.82) is 0 Å². The van der Waals surface area contributed by atoms with E-state index in [4.69, 9.17) is 14.2 Å². The molecule has 0 aromatic heterocycles. The average molecular weight is 863 g/mol. The summed E-state index contributed by atoms with van der Waals surface area (Å²) in [4.78, 5) is 81.3. The summed E-state index contributed by atoms with van der Waals surface area (Å²) in [5.74, 6) is -3.52. The van der Waals surface area contributed by atoms with Crippen molar-refractivity contribution in [2.24, 2.45) is 33.0 Å². The SMILES string of the molecule is CC1=C(O)C(=O)C=C2C1=CC=C1[C@@]2(C)CC[C@@]2(C)[C@@H]3C[C@](C)(C(=O)NC(CC(=O)NC(CCC(=O)OC(C)(C)C)C(=O)OC(C)(C)C)C(=O)OC(C)(C)C)CC[C@]3(C)CC[C@]12C. The van der Waals surface area contributed by atoms with Gasteiger partial charge in [-0.25, -0.2) is 9.59 Å². The van der Waals surface area contributed by atoms with Crippen molar-refractivity contribution in [2.75, 3.05) is 0 Å². The molecule has 0 radical (unpaired) electrons. The van der Waals surface area contributed by atoms with Crippen LogP contribution in [0.25, 0.3) is 0 Å². The van der Waals surface area contributed by atoms with Crippen LogP contribution in [0.1, 0.15) is 168 Å². The Morgan fingerprint density at radius 3 is 1.90 bits per heavy atom. The molecule has 5 rings (SSSR count). The van der Waals surface area contributed by atoms with Gasteiger partial charge in [-0.05, 0) is 160 Å². The molecule has 0 aromatic rings. The second kappa shape index (κ2) is 16.4. The molecule has 0 heterocycles. The number of nitrogens with one attached hydrogen (secondary N) is 2. The van der Waals surface area contributed by atoms with E-state index in [0.29, 0.717) is 18.4 Å². The van der Waals surface area contributed by atoms with E-state index in [2.05, 4.69) is 50.5 Å². The maximum atomic E-state index is 14.7. The van der Waals surface area contributed by atoms with Crippen LogP contribution in [0.4, 0.5) is 0 Å². The number of rotatable bonds is 10. The molecule has 5 aliphatic rings. The number of amides is 2. The summed E-state index contributed by atoms with van der Waals surface area (Å²) in [6, 6.07) is -2.59. The van der Waals surface area contributed by atoms with Crippen LogP contribution in [-0.2, 0) is 43.0 Å². The summed E-state index contributed by atoms with van der Waals surface area (Å²) in [6.07, 6.45) is 10.7. The van der Waals surface area contributed by atoms with E-state index in [1.165, 1.54) is 5.57 Å². The van der Waals surface area contributed by atoms with E-state index in [9.17, 15) is 33.9 Å². The highest BCUT2D eigenvalue weighted by molar-refractivity contribution is 6.06. The van der Waals surface area contributed by atoms with Crippen molar-refractivity contribution >= 4 is 35.5 Å². The second-order valence-corrected chi connectivity index (χ2v) is 23.2. The molecule has 0 saturated heterocycles. The summed E-state index contributed by atoms with van der Waals surface area (Å²) in [6.45, 7) is 28.5. The molecule has 12 nitrogen and oxygen atoms in total. The van der Waals surface area contributed by atoms with Gasteiger partial charge >= 0.3 is 17.9 Å². The average Bonchev–Trinajstić information content (AvgIpc) is 3.12. The Balaban J connectivity index is 1.40.